The smallest absolute Gasteiger partial charge is 0.407 e. The highest BCUT2D eigenvalue weighted by Gasteiger charge is 2.37. The lowest BCUT2D eigenvalue weighted by atomic mass is 10.1. The molecule has 1 aromatic heterocycles. The van der Waals surface area contributed by atoms with Crippen molar-refractivity contribution in [1.29, 1.82) is 0 Å². The van der Waals surface area contributed by atoms with Gasteiger partial charge in [0.2, 0.25) is 0 Å². The lowest BCUT2D eigenvalue weighted by Gasteiger charge is -2.31. The van der Waals surface area contributed by atoms with E-state index < -0.39 is 11.9 Å². The maximum atomic E-state index is 14.6. The molecule has 9 heteroatoms. The first-order valence-corrected chi connectivity index (χ1v) is 11.0. The fourth-order valence-electron chi connectivity index (χ4n) is 4.82. The zero-order valence-electron chi connectivity index (χ0n) is 18.2. The molecule has 2 aliphatic heterocycles. The van der Waals surface area contributed by atoms with Crippen LogP contribution in [0.15, 0.2) is 36.4 Å². The first kappa shape index (κ1) is 21.4. The highest BCUT2D eigenvalue weighted by Crippen LogP contribution is 2.35. The molecule has 33 heavy (non-hydrogen) atoms. The number of carbonyl (C=O) groups is 1. The van der Waals surface area contributed by atoms with Gasteiger partial charge in [0.25, 0.3) is 0 Å². The van der Waals surface area contributed by atoms with Crippen molar-refractivity contribution < 1.29 is 24.1 Å². The molecule has 2 saturated heterocycles. The minimum absolute atomic E-state index is 0.0480. The Hall–Kier alpha value is -3.46. The maximum Gasteiger partial charge on any atom is 0.407 e. The number of aromatic nitrogens is 2. The van der Waals surface area contributed by atoms with Crippen LogP contribution < -0.4 is 4.90 Å². The standard InChI is InChI=1S/C24H25FN4O4/c1-14-5-6-17-19(11-14)26-22(21-18(25)3-2-4-20(21)30)27-23(17)28-9-7-15(12-28)29(24(31)32)16-8-10-33-13-16/h2-6,11,15-16,30H,7-10,12-13H2,1H3,(H,31,32)/t15-,16+/m1/s1. The number of nitrogens with zero attached hydrogens (tertiary/aromatic N) is 4. The first-order chi connectivity index (χ1) is 15.9. The maximum absolute atomic E-state index is 14.6. The van der Waals surface area contributed by atoms with Crippen molar-refractivity contribution in [3.8, 4) is 17.1 Å². The Morgan fingerprint density at radius 1 is 1.21 bits per heavy atom. The summed E-state index contributed by atoms with van der Waals surface area (Å²) in [4.78, 5) is 24.8. The molecule has 1 amide bonds. The number of benzene rings is 2. The molecule has 2 fully saturated rings. The van der Waals surface area contributed by atoms with Crippen LogP contribution in [0.2, 0.25) is 0 Å². The molecule has 2 aromatic carbocycles. The predicted octanol–water partition coefficient (Wildman–Crippen LogP) is 3.80. The average Bonchev–Trinajstić information content (AvgIpc) is 3.46. The molecule has 0 saturated carbocycles. The summed E-state index contributed by atoms with van der Waals surface area (Å²) in [6.07, 6.45) is 0.396. The number of anilines is 1. The fraction of sp³-hybridized carbons (Fsp3) is 0.375. The van der Waals surface area contributed by atoms with Crippen LogP contribution >= 0.6 is 0 Å². The van der Waals surface area contributed by atoms with Crippen LogP contribution in [0, 0.1) is 12.7 Å². The van der Waals surface area contributed by atoms with Crippen molar-refractivity contribution >= 4 is 22.8 Å². The van der Waals surface area contributed by atoms with Crippen molar-refractivity contribution in [1.82, 2.24) is 14.9 Å². The topological polar surface area (TPSA) is 99.0 Å². The minimum Gasteiger partial charge on any atom is -0.507 e. The third-order valence-electron chi connectivity index (χ3n) is 6.42. The van der Waals surface area contributed by atoms with Crippen molar-refractivity contribution in [2.45, 2.75) is 31.8 Å². The fourth-order valence-corrected chi connectivity index (χ4v) is 4.82. The molecule has 2 aliphatic rings. The number of ether oxygens (including phenoxy) is 1. The summed E-state index contributed by atoms with van der Waals surface area (Å²) in [6.45, 7) is 3.99. The molecule has 2 N–H and O–H groups in total. The normalized spacial score (nSPS) is 20.5. The van der Waals surface area contributed by atoms with Crippen LogP contribution in [0.5, 0.6) is 5.75 Å². The summed E-state index contributed by atoms with van der Waals surface area (Å²) >= 11 is 0. The molecule has 0 bridgehead atoms. The van der Waals surface area contributed by atoms with Gasteiger partial charge in [0.1, 0.15) is 17.4 Å². The van der Waals surface area contributed by atoms with E-state index in [0.717, 1.165) is 10.9 Å². The van der Waals surface area contributed by atoms with Gasteiger partial charge in [-0.2, -0.15) is 0 Å². The Morgan fingerprint density at radius 3 is 2.79 bits per heavy atom. The quantitative estimate of drug-likeness (QED) is 0.621. The van der Waals surface area contributed by atoms with Crippen molar-refractivity contribution in [3.05, 3.63) is 47.8 Å². The largest absolute Gasteiger partial charge is 0.507 e. The zero-order chi connectivity index (χ0) is 23.1. The predicted molar refractivity (Wildman–Crippen MR) is 121 cm³/mol. The van der Waals surface area contributed by atoms with Crippen molar-refractivity contribution in [2.75, 3.05) is 31.2 Å². The number of amides is 1. The summed E-state index contributed by atoms with van der Waals surface area (Å²) in [7, 11) is 0. The number of phenols is 1. The second-order valence-electron chi connectivity index (χ2n) is 8.62. The van der Waals surface area contributed by atoms with E-state index in [4.69, 9.17) is 4.74 Å². The third kappa shape index (κ3) is 3.93. The number of carboxylic acid groups (broad SMARTS) is 1. The van der Waals surface area contributed by atoms with Crippen LogP contribution in [0.1, 0.15) is 18.4 Å². The summed E-state index contributed by atoms with van der Waals surface area (Å²) < 4.78 is 20.0. The lowest BCUT2D eigenvalue weighted by Crippen LogP contribution is -2.48. The average molecular weight is 452 g/mol. The third-order valence-corrected chi connectivity index (χ3v) is 6.42. The van der Waals surface area contributed by atoms with Crippen LogP contribution in [-0.2, 0) is 4.74 Å². The van der Waals surface area contributed by atoms with E-state index in [1.807, 2.05) is 30.0 Å². The molecular formula is C24H25FN4O4. The second-order valence-corrected chi connectivity index (χ2v) is 8.62. The number of rotatable bonds is 4. The first-order valence-electron chi connectivity index (χ1n) is 11.0. The molecular weight excluding hydrogens is 427 g/mol. The summed E-state index contributed by atoms with van der Waals surface area (Å²) in [6, 6.07) is 9.53. The van der Waals surface area contributed by atoms with Crippen LogP contribution in [-0.4, -0.2) is 69.6 Å². The molecule has 0 spiro atoms. The number of aromatic hydroxyl groups is 1. The summed E-state index contributed by atoms with van der Waals surface area (Å²) in [5.74, 6) is -0.134. The molecule has 3 heterocycles. The Kier molecular flexibility index (Phi) is 5.49. The van der Waals surface area contributed by atoms with Crippen LogP contribution in [0.3, 0.4) is 0 Å². The Morgan fingerprint density at radius 2 is 2.06 bits per heavy atom. The minimum atomic E-state index is -0.947. The van der Waals surface area contributed by atoms with Crippen LogP contribution in [0.25, 0.3) is 22.3 Å². The van der Waals surface area contributed by atoms with Crippen molar-refractivity contribution in [2.24, 2.45) is 0 Å². The number of hydrogen-bond acceptors (Lipinski definition) is 6. The van der Waals surface area contributed by atoms with Gasteiger partial charge in [-0.15, -0.1) is 0 Å². The van der Waals surface area contributed by atoms with E-state index in [2.05, 4.69) is 9.97 Å². The Balaban J connectivity index is 1.56. The van der Waals surface area contributed by atoms with E-state index >= 15 is 0 Å². The Bertz CT molecular complexity index is 1190. The van der Waals surface area contributed by atoms with Crippen molar-refractivity contribution in [3.63, 3.8) is 0 Å². The van der Waals surface area contributed by atoms with Gasteiger partial charge in [0.05, 0.1) is 29.8 Å². The van der Waals surface area contributed by atoms with Gasteiger partial charge in [-0.1, -0.05) is 12.1 Å². The van der Waals surface area contributed by atoms with Gasteiger partial charge in [-0.3, -0.25) is 4.90 Å². The lowest BCUT2D eigenvalue weighted by molar-refractivity contribution is 0.0928. The number of halogens is 1. The van der Waals surface area contributed by atoms with Gasteiger partial charge < -0.3 is 19.8 Å². The van der Waals surface area contributed by atoms with E-state index in [0.29, 0.717) is 50.5 Å². The van der Waals surface area contributed by atoms with E-state index in [1.165, 1.54) is 23.1 Å². The number of aryl methyl sites for hydroxylation is 1. The summed E-state index contributed by atoms with van der Waals surface area (Å²) in [5.41, 5.74) is 1.59. The second kappa shape index (κ2) is 8.47. The molecule has 5 rings (SSSR count). The highest BCUT2D eigenvalue weighted by atomic mass is 19.1. The highest BCUT2D eigenvalue weighted by molar-refractivity contribution is 5.92. The molecule has 2 atom stereocenters. The number of phenolic OH excluding ortho intramolecular Hbond substituents is 1. The van der Waals surface area contributed by atoms with Gasteiger partial charge >= 0.3 is 6.09 Å². The van der Waals surface area contributed by atoms with Gasteiger partial charge in [-0.05, 0) is 49.6 Å². The van der Waals surface area contributed by atoms with Gasteiger partial charge in [0, 0.05) is 25.1 Å². The SMILES string of the molecule is Cc1ccc2c(N3CC[C@@H](N(C(=O)O)[C@H]4CCOC4)C3)nc(-c3c(O)cccc3F)nc2c1. The Labute approximate surface area is 190 Å². The molecule has 0 aliphatic carbocycles. The number of fused-ring (bicyclic) bond motifs is 1. The molecule has 0 radical (unpaired) electrons. The molecule has 8 nitrogen and oxygen atoms in total. The van der Waals surface area contributed by atoms with E-state index in [9.17, 15) is 19.4 Å². The summed E-state index contributed by atoms with van der Waals surface area (Å²) in [5, 5.41) is 21.0. The van der Waals surface area contributed by atoms with Gasteiger partial charge in [0.15, 0.2) is 5.82 Å². The van der Waals surface area contributed by atoms with Gasteiger partial charge in [-0.25, -0.2) is 19.2 Å². The number of hydrogen-bond donors (Lipinski definition) is 2. The molecule has 172 valence electrons. The van der Waals surface area contributed by atoms with E-state index in [-0.39, 0.29) is 29.2 Å². The monoisotopic (exact) mass is 452 g/mol. The molecule has 0 unspecified atom stereocenters. The zero-order valence-corrected chi connectivity index (χ0v) is 18.2. The van der Waals surface area contributed by atoms with Crippen LogP contribution in [0.4, 0.5) is 15.0 Å². The van der Waals surface area contributed by atoms with E-state index in [1.54, 1.807) is 0 Å². The molecule has 3 aromatic rings.